The van der Waals surface area contributed by atoms with Crippen molar-refractivity contribution in [3.63, 3.8) is 0 Å². The number of nitrogens with one attached hydrogen (secondary N) is 1. The molecule has 1 aromatic carbocycles. The second-order valence-corrected chi connectivity index (χ2v) is 5.80. The number of anilines is 1. The van der Waals surface area contributed by atoms with Crippen molar-refractivity contribution in [3.8, 4) is 0 Å². The molecule has 2 atom stereocenters. The molecule has 1 saturated heterocycles. The molecule has 0 amide bonds. The Morgan fingerprint density at radius 1 is 1.22 bits per heavy atom. The molecule has 1 N–H and O–H groups in total. The Labute approximate surface area is 119 Å². The molecule has 4 heteroatoms. The normalized spacial score (nSPS) is 23.8. The van der Waals surface area contributed by atoms with E-state index in [-0.39, 0.29) is 0 Å². The molecule has 98 valence electrons. The summed E-state index contributed by atoms with van der Waals surface area (Å²) in [6.07, 6.45) is 3.72. The van der Waals surface area contributed by atoms with Crippen LogP contribution in [0.15, 0.2) is 24.3 Å². The molecule has 1 aliphatic rings. The van der Waals surface area contributed by atoms with Crippen LogP contribution in [-0.2, 0) is 0 Å². The topological polar surface area (TPSA) is 15.3 Å². The van der Waals surface area contributed by atoms with Gasteiger partial charge >= 0.3 is 0 Å². The zero-order valence-electron chi connectivity index (χ0n) is 10.8. The minimum atomic E-state index is 0.515. The lowest BCUT2D eigenvalue weighted by molar-refractivity contribution is 0.194. The quantitative estimate of drug-likeness (QED) is 0.773. The van der Waals surface area contributed by atoms with Gasteiger partial charge in [-0.1, -0.05) is 11.6 Å². The van der Waals surface area contributed by atoms with Gasteiger partial charge in [0.2, 0.25) is 0 Å². The molecule has 2 rings (SSSR count). The van der Waals surface area contributed by atoms with E-state index >= 15 is 0 Å². The van der Waals surface area contributed by atoms with Crippen LogP contribution in [0.2, 0.25) is 5.02 Å². The van der Waals surface area contributed by atoms with E-state index in [1.54, 1.807) is 0 Å². The van der Waals surface area contributed by atoms with Gasteiger partial charge in [0.25, 0.3) is 0 Å². The molecule has 1 aromatic rings. The van der Waals surface area contributed by atoms with Crippen LogP contribution in [0, 0.1) is 0 Å². The first-order valence-corrected chi connectivity index (χ1v) is 7.21. The van der Waals surface area contributed by atoms with E-state index in [0.717, 1.165) is 15.8 Å². The smallest absolute Gasteiger partial charge is 0.173 e. The van der Waals surface area contributed by atoms with Crippen molar-refractivity contribution in [1.29, 1.82) is 0 Å². The number of halogens is 1. The Morgan fingerprint density at radius 3 is 2.33 bits per heavy atom. The number of piperidine rings is 1. The number of benzene rings is 1. The van der Waals surface area contributed by atoms with Gasteiger partial charge in [0.05, 0.1) is 0 Å². The van der Waals surface area contributed by atoms with Crippen molar-refractivity contribution in [3.05, 3.63) is 29.3 Å². The molecule has 0 saturated carbocycles. The zero-order valence-corrected chi connectivity index (χ0v) is 12.4. The van der Waals surface area contributed by atoms with Crippen molar-refractivity contribution in [2.45, 2.75) is 45.2 Å². The Balaban J connectivity index is 2.04. The molecule has 0 aromatic heterocycles. The van der Waals surface area contributed by atoms with Crippen LogP contribution in [0.1, 0.15) is 33.1 Å². The molecule has 0 aliphatic carbocycles. The van der Waals surface area contributed by atoms with Gasteiger partial charge in [0, 0.05) is 22.8 Å². The van der Waals surface area contributed by atoms with E-state index in [2.05, 4.69) is 24.1 Å². The minimum Gasteiger partial charge on any atom is -0.344 e. The maximum atomic E-state index is 5.87. The molecule has 18 heavy (non-hydrogen) atoms. The van der Waals surface area contributed by atoms with Crippen molar-refractivity contribution in [2.75, 3.05) is 5.32 Å². The Morgan fingerprint density at radius 2 is 1.78 bits per heavy atom. The van der Waals surface area contributed by atoms with E-state index in [1.165, 1.54) is 19.3 Å². The van der Waals surface area contributed by atoms with E-state index in [1.807, 2.05) is 24.3 Å². The fourth-order valence-electron chi connectivity index (χ4n) is 2.54. The lowest BCUT2D eigenvalue weighted by Crippen LogP contribution is -2.49. The molecule has 1 heterocycles. The third kappa shape index (κ3) is 3.15. The SMILES string of the molecule is C[C@@H]1CCC[C@@H](C)N1C(=S)Nc1ccc(Cl)cc1. The van der Waals surface area contributed by atoms with Gasteiger partial charge in [0.15, 0.2) is 5.11 Å². The summed E-state index contributed by atoms with van der Waals surface area (Å²) in [4.78, 5) is 2.31. The fraction of sp³-hybridized carbons (Fsp3) is 0.500. The van der Waals surface area contributed by atoms with Gasteiger partial charge in [-0.2, -0.15) is 0 Å². The molecule has 1 fully saturated rings. The predicted molar refractivity (Wildman–Crippen MR) is 82.3 cm³/mol. The van der Waals surface area contributed by atoms with E-state index < -0.39 is 0 Å². The van der Waals surface area contributed by atoms with Gasteiger partial charge in [-0.3, -0.25) is 0 Å². The van der Waals surface area contributed by atoms with Gasteiger partial charge < -0.3 is 10.2 Å². The highest BCUT2D eigenvalue weighted by Gasteiger charge is 2.26. The number of hydrogen-bond acceptors (Lipinski definition) is 1. The Hall–Kier alpha value is -0.800. The van der Waals surface area contributed by atoms with Crippen molar-refractivity contribution >= 4 is 34.6 Å². The first-order valence-electron chi connectivity index (χ1n) is 6.43. The van der Waals surface area contributed by atoms with Crippen LogP contribution in [0.4, 0.5) is 5.69 Å². The van der Waals surface area contributed by atoms with Gasteiger partial charge in [-0.15, -0.1) is 0 Å². The molecule has 1 aliphatic heterocycles. The average Bonchev–Trinajstić information content (AvgIpc) is 2.32. The standard InChI is InChI=1S/C14H19ClN2S/c1-10-4-3-5-11(2)17(10)14(18)16-13-8-6-12(15)7-9-13/h6-11H,3-5H2,1-2H3,(H,16,18)/t10-,11-/m1/s1. The average molecular weight is 283 g/mol. The molecule has 0 spiro atoms. The van der Waals surface area contributed by atoms with Crippen LogP contribution in [0.5, 0.6) is 0 Å². The first-order chi connectivity index (χ1) is 8.58. The van der Waals surface area contributed by atoms with Crippen LogP contribution < -0.4 is 5.32 Å². The number of rotatable bonds is 1. The van der Waals surface area contributed by atoms with Crippen LogP contribution in [0.25, 0.3) is 0 Å². The third-order valence-corrected chi connectivity index (χ3v) is 4.09. The van der Waals surface area contributed by atoms with E-state index in [0.29, 0.717) is 12.1 Å². The van der Waals surface area contributed by atoms with Gasteiger partial charge in [0.1, 0.15) is 0 Å². The van der Waals surface area contributed by atoms with Gasteiger partial charge in [-0.25, -0.2) is 0 Å². The molecular weight excluding hydrogens is 264 g/mol. The van der Waals surface area contributed by atoms with Crippen molar-refractivity contribution < 1.29 is 0 Å². The highest BCUT2D eigenvalue weighted by Crippen LogP contribution is 2.24. The van der Waals surface area contributed by atoms with E-state index in [9.17, 15) is 0 Å². The molecular formula is C14H19ClN2S. The van der Waals surface area contributed by atoms with Crippen LogP contribution in [0.3, 0.4) is 0 Å². The summed E-state index contributed by atoms with van der Waals surface area (Å²) in [6.45, 7) is 4.48. The summed E-state index contributed by atoms with van der Waals surface area (Å²) in [5.74, 6) is 0. The van der Waals surface area contributed by atoms with Crippen LogP contribution in [-0.4, -0.2) is 22.1 Å². The largest absolute Gasteiger partial charge is 0.344 e. The summed E-state index contributed by atoms with van der Waals surface area (Å²) in [5.41, 5.74) is 0.995. The monoisotopic (exact) mass is 282 g/mol. The summed E-state index contributed by atoms with van der Waals surface area (Å²) in [5, 5.41) is 4.86. The minimum absolute atomic E-state index is 0.515. The highest BCUT2D eigenvalue weighted by molar-refractivity contribution is 7.80. The lowest BCUT2D eigenvalue weighted by atomic mass is 9.98. The first kappa shape index (κ1) is 13.6. The Bertz CT molecular complexity index is 408. The summed E-state index contributed by atoms with van der Waals surface area (Å²) >= 11 is 11.4. The van der Waals surface area contributed by atoms with Crippen LogP contribution >= 0.6 is 23.8 Å². The number of hydrogen-bond donors (Lipinski definition) is 1. The second kappa shape index (κ2) is 5.89. The maximum absolute atomic E-state index is 5.87. The van der Waals surface area contributed by atoms with Crippen molar-refractivity contribution in [1.82, 2.24) is 4.90 Å². The molecule has 0 unspecified atom stereocenters. The third-order valence-electron chi connectivity index (χ3n) is 3.52. The summed E-state index contributed by atoms with van der Waals surface area (Å²) < 4.78 is 0. The number of nitrogens with zero attached hydrogens (tertiary/aromatic N) is 1. The summed E-state index contributed by atoms with van der Waals surface area (Å²) in [7, 11) is 0. The molecule has 2 nitrogen and oxygen atoms in total. The second-order valence-electron chi connectivity index (χ2n) is 4.97. The Kier molecular flexibility index (Phi) is 4.46. The number of likely N-dealkylation sites (tertiary alicyclic amines) is 1. The highest BCUT2D eigenvalue weighted by atomic mass is 35.5. The molecule has 0 radical (unpaired) electrons. The predicted octanol–water partition coefficient (Wildman–Crippen LogP) is 4.30. The summed E-state index contributed by atoms with van der Waals surface area (Å²) in [6, 6.07) is 8.68. The van der Waals surface area contributed by atoms with Crippen molar-refractivity contribution in [2.24, 2.45) is 0 Å². The molecule has 0 bridgehead atoms. The number of thiocarbonyl (C=S) groups is 1. The zero-order chi connectivity index (χ0) is 13.1. The van der Waals surface area contributed by atoms with Gasteiger partial charge in [-0.05, 0) is 69.6 Å². The lowest BCUT2D eigenvalue weighted by Gasteiger charge is -2.40. The fourth-order valence-corrected chi connectivity index (χ4v) is 3.15. The maximum Gasteiger partial charge on any atom is 0.173 e. The van der Waals surface area contributed by atoms with E-state index in [4.69, 9.17) is 23.8 Å².